The minimum Gasteiger partial charge on any atom is -0.454 e. The molecule has 0 amide bonds. The first-order chi connectivity index (χ1) is 19.0. The van der Waals surface area contributed by atoms with Crippen LogP contribution in [0.3, 0.4) is 0 Å². The summed E-state index contributed by atoms with van der Waals surface area (Å²) in [5.41, 5.74) is 4.90. The molecule has 1 aliphatic heterocycles. The first-order valence-corrected chi connectivity index (χ1v) is 14.0. The number of rotatable bonds is 8. The van der Waals surface area contributed by atoms with Gasteiger partial charge in [-0.1, -0.05) is 38.3 Å². The number of hydrogen-bond donors (Lipinski definition) is 1. The highest BCUT2D eigenvalue weighted by molar-refractivity contribution is 5.83. The Labute approximate surface area is 228 Å². The quantitative estimate of drug-likeness (QED) is 0.322. The zero-order chi connectivity index (χ0) is 26.9. The lowest BCUT2D eigenvalue weighted by Crippen LogP contribution is -2.33. The fourth-order valence-electron chi connectivity index (χ4n) is 6.21. The molecule has 9 heteroatoms. The largest absolute Gasteiger partial charge is 0.454 e. The molecule has 2 aromatic carbocycles. The van der Waals surface area contributed by atoms with E-state index in [2.05, 4.69) is 56.1 Å². The van der Waals surface area contributed by atoms with Crippen molar-refractivity contribution in [3.63, 3.8) is 0 Å². The van der Waals surface area contributed by atoms with Gasteiger partial charge in [0.05, 0.1) is 12.1 Å². The average molecular weight is 529 g/mol. The molecule has 6 rings (SSSR count). The van der Waals surface area contributed by atoms with Crippen LogP contribution in [0.25, 0.3) is 10.9 Å². The molecule has 1 fully saturated rings. The van der Waals surface area contributed by atoms with Crippen LogP contribution in [0.15, 0.2) is 41.2 Å². The number of tetrazole rings is 1. The predicted octanol–water partition coefficient (Wildman–Crippen LogP) is 5.52. The SMILES string of the molecule is CC[C@@H](c1nnnn1C1CCCCC1)N(Cc1ccc2c(c1)OCO2)Cc1cc2c(C)cc(C)cc2[nH]c1=O. The number of aromatic amines is 1. The summed E-state index contributed by atoms with van der Waals surface area (Å²) >= 11 is 0. The smallest absolute Gasteiger partial charge is 0.252 e. The first kappa shape index (κ1) is 25.6. The minimum absolute atomic E-state index is 0.0649. The highest BCUT2D eigenvalue weighted by Gasteiger charge is 2.29. The zero-order valence-electron chi connectivity index (χ0n) is 22.9. The average Bonchev–Trinajstić information content (AvgIpc) is 3.60. The Hall–Kier alpha value is -3.72. The number of nitrogens with one attached hydrogen (secondary N) is 1. The van der Waals surface area contributed by atoms with Gasteiger partial charge in [-0.25, -0.2) is 4.68 Å². The third-order valence-corrected chi connectivity index (χ3v) is 8.15. The van der Waals surface area contributed by atoms with Crippen LogP contribution in [-0.2, 0) is 13.1 Å². The van der Waals surface area contributed by atoms with E-state index >= 15 is 0 Å². The number of H-pyrrole nitrogens is 1. The van der Waals surface area contributed by atoms with Crippen molar-refractivity contribution in [1.29, 1.82) is 0 Å². The van der Waals surface area contributed by atoms with E-state index in [-0.39, 0.29) is 18.4 Å². The van der Waals surface area contributed by atoms with Gasteiger partial charge in [-0.05, 0) is 84.5 Å². The van der Waals surface area contributed by atoms with Crippen molar-refractivity contribution in [3.8, 4) is 11.5 Å². The van der Waals surface area contributed by atoms with Gasteiger partial charge in [-0.15, -0.1) is 5.10 Å². The molecule has 39 heavy (non-hydrogen) atoms. The Balaban J connectivity index is 1.39. The summed E-state index contributed by atoms with van der Waals surface area (Å²) in [7, 11) is 0. The number of fused-ring (bicyclic) bond motifs is 2. The Morgan fingerprint density at radius 1 is 1.05 bits per heavy atom. The molecule has 1 saturated carbocycles. The van der Waals surface area contributed by atoms with E-state index in [0.717, 1.165) is 69.7 Å². The lowest BCUT2D eigenvalue weighted by Gasteiger charge is -2.32. The van der Waals surface area contributed by atoms with Gasteiger partial charge in [-0.3, -0.25) is 9.69 Å². The van der Waals surface area contributed by atoms with Crippen molar-refractivity contribution < 1.29 is 9.47 Å². The summed E-state index contributed by atoms with van der Waals surface area (Å²) in [6.45, 7) is 7.61. The van der Waals surface area contributed by atoms with Gasteiger partial charge in [0.15, 0.2) is 17.3 Å². The molecular weight excluding hydrogens is 492 g/mol. The third-order valence-electron chi connectivity index (χ3n) is 8.15. The molecule has 9 nitrogen and oxygen atoms in total. The maximum atomic E-state index is 13.3. The Morgan fingerprint density at radius 2 is 1.87 bits per heavy atom. The summed E-state index contributed by atoms with van der Waals surface area (Å²) in [6, 6.07) is 12.5. The van der Waals surface area contributed by atoms with Crippen LogP contribution in [0.2, 0.25) is 0 Å². The van der Waals surface area contributed by atoms with Crippen molar-refractivity contribution in [2.24, 2.45) is 0 Å². The summed E-state index contributed by atoms with van der Waals surface area (Å²) in [6.07, 6.45) is 6.67. The summed E-state index contributed by atoms with van der Waals surface area (Å²) in [4.78, 5) is 18.8. The molecular formula is C30H36N6O3. The molecule has 2 aromatic heterocycles. The van der Waals surface area contributed by atoms with Crippen LogP contribution in [0, 0.1) is 13.8 Å². The molecule has 3 heterocycles. The van der Waals surface area contributed by atoms with E-state index in [9.17, 15) is 4.79 Å². The Bertz CT molecular complexity index is 1540. The number of nitrogens with zero attached hydrogens (tertiary/aromatic N) is 5. The summed E-state index contributed by atoms with van der Waals surface area (Å²) < 4.78 is 13.2. The topological polar surface area (TPSA) is 98.2 Å². The van der Waals surface area contributed by atoms with Crippen LogP contribution in [-0.4, -0.2) is 36.9 Å². The maximum absolute atomic E-state index is 13.3. The van der Waals surface area contributed by atoms with Gasteiger partial charge in [0, 0.05) is 29.6 Å². The summed E-state index contributed by atoms with van der Waals surface area (Å²) in [5, 5.41) is 14.2. The molecule has 1 atom stereocenters. The van der Waals surface area contributed by atoms with E-state index in [4.69, 9.17) is 9.47 Å². The number of benzene rings is 2. The van der Waals surface area contributed by atoms with Crippen molar-refractivity contribution in [2.75, 3.05) is 6.79 Å². The molecule has 0 bridgehead atoms. The number of aromatic nitrogens is 5. The molecule has 0 spiro atoms. The van der Waals surface area contributed by atoms with E-state index in [1.165, 1.54) is 19.3 Å². The zero-order valence-corrected chi connectivity index (χ0v) is 22.9. The number of hydrogen-bond acceptors (Lipinski definition) is 7. The fourth-order valence-corrected chi connectivity index (χ4v) is 6.21. The minimum atomic E-state index is -0.0680. The van der Waals surface area contributed by atoms with Gasteiger partial charge in [0.1, 0.15) is 0 Å². The second-order valence-electron chi connectivity index (χ2n) is 11.0. The van der Waals surface area contributed by atoms with E-state index in [1.807, 2.05) is 31.2 Å². The number of aryl methyl sites for hydroxylation is 2. The number of ether oxygens (including phenoxy) is 2. The van der Waals surface area contributed by atoms with Gasteiger partial charge in [0.25, 0.3) is 5.56 Å². The number of pyridine rings is 1. The normalized spacial score (nSPS) is 16.3. The van der Waals surface area contributed by atoms with Crippen LogP contribution < -0.4 is 15.0 Å². The highest BCUT2D eigenvalue weighted by atomic mass is 16.7. The van der Waals surface area contributed by atoms with E-state index in [1.54, 1.807) is 0 Å². The molecule has 0 unspecified atom stereocenters. The van der Waals surface area contributed by atoms with Crippen LogP contribution in [0.1, 0.15) is 85.6 Å². The van der Waals surface area contributed by atoms with Crippen molar-refractivity contribution in [3.05, 3.63) is 74.8 Å². The monoisotopic (exact) mass is 528 g/mol. The molecule has 0 saturated heterocycles. The van der Waals surface area contributed by atoms with Gasteiger partial charge >= 0.3 is 0 Å². The van der Waals surface area contributed by atoms with Gasteiger partial charge in [0.2, 0.25) is 6.79 Å². The highest BCUT2D eigenvalue weighted by Crippen LogP contribution is 2.36. The third kappa shape index (κ3) is 5.15. The van der Waals surface area contributed by atoms with Crippen LogP contribution in [0.5, 0.6) is 11.5 Å². The molecule has 4 aromatic rings. The molecule has 0 radical (unpaired) electrons. The van der Waals surface area contributed by atoms with Crippen LogP contribution >= 0.6 is 0 Å². The summed E-state index contributed by atoms with van der Waals surface area (Å²) in [5.74, 6) is 2.38. The maximum Gasteiger partial charge on any atom is 0.252 e. The second kappa shape index (κ2) is 10.8. The first-order valence-electron chi connectivity index (χ1n) is 14.0. The fraction of sp³-hybridized carbons (Fsp3) is 0.467. The van der Waals surface area contributed by atoms with E-state index in [0.29, 0.717) is 19.1 Å². The Kier molecular flexibility index (Phi) is 7.08. The van der Waals surface area contributed by atoms with Gasteiger partial charge in [-0.2, -0.15) is 0 Å². The second-order valence-corrected chi connectivity index (χ2v) is 11.0. The van der Waals surface area contributed by atoms with Crippen molar-refractivity contribution in [1.82, 2.24) is 30.1 Å². The molecule has 2 aliphatic rings. The lowest BCUT2D eigenvalue weighted by atomic mass is 9.95. The predicted molar refractivity (Wildman–Crippen MR) is 149 cm³/mol. The van der Waals surface area contributed by atoms with Gasteiger partial charge < -0.3 is 14.5 Å². The Morgan fingerprint density at radius 3 is 2.69 bits per heavy atom. The van der Waals surface area contributed by atoms with E-state index < -0.39 is 0 Å². The van der Waals surface area contributed by atoms with Crippen molar-refractivity contribution in [2.45, 2.75) is 84.5 Å². The standard InChI is InChI=1S/C30H36N6O3/c1-4-26(29-32-33-34-36(29)23-8-6-5-7-9-23)35(16-21-10-11-27-28(14-21)39-18-38-27)17-22-15-24-20(3)12-19(2)13-25(24)31-30(22)37/h10-15,23,26H,4-9,16-18H2,1-3H3,(H,31,37)/t26-/m0/s1. The van der Waals surface area contributed by atoms with Crippen LogP contribution in [0.4, 0.5) is 0 Å². The van der Waals surface area contributed by atoms with Crippen molar-refractivity contribution >= 4 is 10.9 Å². The molecule has 1 aliphatic carbocycles. The lowest BCUT2D eigenvalue weighted by molar-refractivity contribution is 0.155. The molecule has 1 N–H and O–H groups in total. The molecule has 204 valence electrons.